The third-order valence-electron chi connectivity index (χ3n) is 5.13. The van der Waals surface area contributed by atoms with Gasteiger partial charge in [-0.15, -0.1) is 24.0 Å². The van der Waals surface area contributed by atoms with Gasteiger partial charge < -0.3 is 15.5 Å². The third kappa shape index (κ3) is 5.44. The normalized spacial score (nSPS) is 19.8. The lowest BCUT2D eigenvalue weighted by Gasteiger charge is -2.36. The zero-order valence-corrected chi connectivity index (χ0v) is 17.4. The van der Waals surface area contributed by atoms with E-state index >= 15 is 0 Å². The predicted molar refractivity (Wildman–Crippen MR) is 112 cm³/mol. The lowest BCUT2D eigenvalue weighted by molar-refractivity contribution is 0.252. The van der Waals surface area contributed by atoms with Crippen molar-refractivity contribution in [1.82, 2.24) is 9.80 Å². The minimum atomic E-state index is -0.195. The van der Waals surface area contributed by atoms with Crippen molar-refractivity contribution in [2.24, 2.45) is 10.7 Å². The molecule has 2 fully saturated rings. The molecule has 0 aromatic heterocycles. The van der Waals surface area contributed by atoms with Crippen LogP contribution >= 0.6 is 24.0 Å². The van der Waals surface area contributed by atoms with Crippen molar-refractivity contribution in [1.29, 1.82) is 0 Å². The second-order valence-corrected chi connectivity index (χ2v) is 6.90. The molecule has 1 aromatic rings. The summed E-state index contributed by atoms with van der Waals surface area (Å²) in [4.78, 5) is 11.4. The van der Waals surface area contributed by atoms with E-state index in [2.05, 4.69) is 33.7 Å². The van der Waals surface area contributed by atoms with Gasteiger partial charge in [0.15, 0.2) is 5.96 Å². The van der Waals surface area contributed by atoms with Crippen molar-refractivity contribution in [2.75, 3.05) is 44.7 Å². The molecule has 1 saturated heterocycles. The Balaban J connectivity index is 0.00000225. The van der Waals surface area contributed by atoms with Gasteiger partial charge in [0.05, 0.1) is 6.54 Å². The van der Waals surface area contributed by atoms with Crippen LogP contribution in [0.2, 0.25) is 0 Å². The average Bonchev–Trinajstić information content (AvgIpc) is 3.44. The number of rotatable bonds is 5. The summed E-state index contributed by atoms with van der Waals surface area (Å²) < 4.78 is 13.0. The average molecular weight is 461 g/mol. The zero-order valence-electron chi connectivity index (χ0n) is 15.1. The second-order valence-electron chi connectivity index (χ2n) is 6.90. The lowest BCUT2D eigenvalue weighted by atomic mass is 10.2. The van der Waals surface area contributed by atoms with Gasteiger partial charge in [-0.25, -0.2) is 4.39 Å². The van der Waals surface area contributed by atoms with Gasteiger partial charge in [-0.3, -0.25) is 9.89 Å². The maximum absolute atomic E-state index is 13.0. The van der Waals surface area contributed by atoms with Crippen LogP contribution in [0.1, 0.15) is 19.8 Å². The van der Waals surface area contributed by atoms with Gasteiger partial charge in [-0.1, -0.05) is 0 Å². The maximum atomic E-state index is 13.0. The molecule has 1 aromatic carbocycles. The van der Waals surface area contributed by atoms with E-state index in [0.717, 1.165) is 44.5 Å². The van der Waals surface area contributed by atoms with E-state index in [1.165, 1.54) is 25.0 Å². The first-order chi connectivity index (χ1) is 11.5. The molecule has 1 aliphatic carbocycles. The number of aliphatic imine (C=N–C) groups is 1. The molecule has 2 N–H and O–H groups in total. The van der Waals surface area contributed by atoms with Crippen LogP contribution < -0.4 is 10.6 Å². The Labute approximate surface area is 167 Å². The largest absolute Gasteiger partial charge is 0.370 e. The number of nitrogens with two attached hydrogens (primary N) is 1. The van der Waals surface area contributed by atoms with E-state index in [4.69, 9.17) is 5.73 Å². The van der Waals surface area contributed by atoms with E-state index in [9.17, 15) is 4.39 Å². The standard InChI is InChI=1S/C18H28FN5.HI/c1-14(22(2)16-7-8-16)13-21-18(20)24-11-9-23(10-12-24)17-5-3-15(19)4-6-17;/h3-6,14,16H,7-13H2,1-2H3,(H2,20,21);1H. The summed E-state index contributed by atoms with van der Waals surface area (Å²) in [6.45, 7) is 6.40. The Morgan fingerprint density at radius 3 is 2.40 bits per heavy atom. The molecule has 1 aliphatic heterocycles. The van der Waals surface area contributed by atoms with Gasteiger partial charge in [0.2, 0.25) is 0 Å². The van der Waals surface area contributed by atoms with Gasteiger partial charge in [0.1, 0.15) is 5.82 Å². The monoisotopic (exact) mass is 461 g/mol. The molecule has 1 unspecified atom stereocenters. The molecule has 0 spiro atoms. The molecule has 140 valence electrons. The molecule has 7 heteroatoms. The number of hydrogen-bond donors (Lipinski definition) is 1. The van der Waals surface area contributed by atoms with E-state index in [0.29, 0.717) is 12.0 Å². The lowest BCUT2D eigenvalue weighted by Crippen LogP contribution is -2.51. The maximum Gasteiger partial charge on any atom is 0.191 e. The third-order valence-corrected chi connectivity index (χ3v) is 5.13. The summed E-state index contributed by atoms with van der Waals surface area (Å²) in [5.74, 6) is 0.448. The number of likely N-dealkylation sites (N-methyl/N-ethyl adjacent to an activating group) is 1. The molecule has 5 nitrogen and oxygen atoms in total. The van der Waals surface area contributed by atoms with Crippen LogP contribution in [-0.4, -0.2) is 67.6 Å². The summed E-state index contributed by atoms with van der Waals surface area (Å²) in [7, 11) is 2.18. The Morgan fingerprint density at radius 2 is 1.84 bits per heavy atom. The van der Waals surface area contributed by atoms with Crippen LogP contribution in [0.4, 0.5) is 10.1 Å². The van der Waals surface area contributed by atoms with E-state index in [-0.39, 0.29) is 29.8 Å². The molecule has 0 radical (unpaired) electrons. The summed E-state index contributed by atoms with van der Waals surface area (Å²) in [5.41, 5.74) is 7.24. The number of piperazine rings is 1. The van der Waals surface area contributed by atoms with Crippen molar-refractivity contribution < 1.29 is 4.39 Å². The van der Waals surface area contributed by atoms with Crippen LogP contribution in [0.5, 0.6) is 0 Å². The van der Waals surface area contributed by atoms with Crippen LogP contribution in [0.3, 0.4) is 0 Å². The molecule has 3 rings (SSSR count). The minimum Gasteiger partial charge on any atom is -0.370 e. The van der Waals surface area contributed by atoms with Gasteiger partial charge in [0, 0.05) is 44.0 Å². The van der Waals surface area contributed by atoms with Crippen molar-refractivity contribution in [3.8, 4) is 0 Å². The van der Waals surface area contributed by atoms with Crippen molar-refractivity contribution in [3.63, 3.8) is 0 Å². The van der Waals surface area contributed by atoms with Gasteiger partial charge in [-0.05, 0) is 51.1 Å². The predicted octanol–water partition coefficient (Wildman–Crippen LogP) is 2.36. The molecule has 1 saturated carbocycles. The SMILES string of the molecule is CC(CN=C(N)N1CCN(c2ccc(F)cc2)CC1)N(C)C1CC1.I. The number of benzene rings is 1. The molecule has 1 heterocycles. The summed E-state index contributed by atoms with van der Waals surface area (Å²) in [5, 5.41) is 0. The fourth-order valence-corrected chi connectivity index (χ4v) is 3.14. The number of halogens is 2. The fraction of sp³-hybridized carbons (Fsp3) is 0.611. The molecular formula is C18H29FIN5. The molecule has 25 heavy (non-hydrogen) atoms. The smallest absolute Gasteiger partial charge is 0.191 e. The first kappa shape index (κ1) is 20.2. The minimum absolute atomic E-state index is 0. The Kier molecular flexibility index (Phi) is 7.30. The fourth-order valence-electron chi connectivity index (χ4n) is 3.14. The topological polar surface area (TPSA) is 48.1 Å². The first-order valence-electron chi connectivity index (χ1n) is 8.82. The van der Waals surface area contributed by atoms with Crippen molar-refractivity contribution in [3.05, 3.63) is 30.1 Å². The zero-order chi connectivity index (χ0) is 17.1. The molecule has 2 aliphatic rings. The summed E-state index contributed by atoms with van der Waals surface area (Å²) in [6, 6.07) is 7.85. The second kappa shape index (κ2) is 9.02. The molecule has 0 amide bonds. The van der Waals surface area contributed by atoms with E-state index in [1.807, 2.05) is 12.1 Å². The summed E-state index contributed by atoms with van der Waals surface area (Å²) >= 11 is 0. The van der Waals surface area contributed by atoms with Gasteiger partial charge in [0.25, 0.3) is 0 Å². The van der Waals surface area contributed by atoms with Gasteiger partial charge >= 0.3 is 0 Å². The highest BCUT2D eigenvalue weighted by Gasteiger charge is 2.29. The van der Waals surface area contributed by atoms with Crippen LogP contribution in [0.15, 0.2) is 29.3 Å². The van der Waals surface area contributed by atoms with E-state index < -0.39 is 0 Å². The molecule has 0 bridgehead atoms. The van der Waals surface area contributed by atoms with Crippen molar-refractivity contribution in [2.45, 2.75) is 31.8 Å². The highest BCUT2D eigenvalue weighted by molar-refractivity contribution is 14.0. The Morgan fingerprint density at radius 1 is 1.24 bits per heavy atom. The highest BCUT2D eigenvalue weighted by atomic mass is 127. The first-order valence-corrected chi connectivity index (χ1v) is 8.82. The number of guanidine groups is 1. The van der Waals surface area contributed by atoms with Crippen LogP contribution in [0, 0.1) is 5.82 Å². The molecular weight excluding hydrogens is 432 g/mol. The van der Waals surface area contributed by atoms with Gasteiger partial charge in [-0.2, -0.15) is 0 Å². The number of anilines is 1. The Bertz CT molecular complexity index is 567. The van der Waals surface area contributed by atoms with Crippen LogP contribution in [0.25, 0.3) is 0 Å². The number of nitrogens with zero attached hydrogens (tertiary/aromatic N) is 4. The summed E-state index contributed by atoms with van der Waals surface area (Å²) in [6.07, 6.45) is 2.62. The number of hydrogen-bond acceptors (Lipinski definition) is 3. The van der Waals surface area contributed by atoms with E-state index in [1.54, 1.807) is 0 Å². The quantitative estimate of drug-likeness (QED) is 0.416. The Hall–Kier alpha value is -1.09. The molecule has 1 atom stereocenters. The van der Waals surface area contributed by atoms with Crippen LogP contribution in [-0.2, 0) is 0 Å². The van der Waals surface area contributed by atoms with Crippen molar-refractivity contribution >= 4 is 35.6 Å². The highest BCUT2D eigenvalue weighted by Crippen LogP contribution is 2.26.